The van der Waals surface area contributed by atoms with Gasteiger partial charge in [-0.25, -0.2) is 4.98 Å². The van der Waals surface area contributed by atoms with E-state index >= 15 is 0 Å². The van der Waals surface area contributed by atoms with Crippen LogP contribution in [0.1, 0.15) is 36.0 Å². The molecule has 0 aliphatic carbocycles. The van der Waals surface area contributed by atoms with Crippen LogP contribution in [0.25, 0.3) is 11.4 Å². The van der Waals surface area contributed by atoms with Gasteiger partial charge in [-0.05, 0) is 25.7 Å². The van der Waals surface area contributed by atoms with E-state index in [1.165, 1.54) is 6.20 Å². The molecule has 2 aromatic rings. The number of amides is 1. The van der Waals surface area contributed by atoms with Crippen LogP contribution < -0.4 is 10.9 Å². The summed E-state index contributed by atoms with van der Waals surface area (Å²) >= 11 is 0. The minimum atomic E-state index is -0.415. The second-order valence-electron chi connectivity index (χ2n) is 7.52. The molecule has 3 heterocycles. The average Bonchev–Trinajstić information content (AvgIpc) is 3.23. The summed E-state index contributed by atoms with van der Waals surface area (Å²) in [7, 11) is 0. The van der Waals surface area contributed by atoms with E-state index < -0.39 is 5.56 Å². The number of ether oxygens (including phenoxy) is 1. The van der Waals surface area contributed by atoms with Gasteiger partial charge in [0.2, 0.25) is 0 Å². The largest absolute Gasteiger partial charge is 0.377 e. The lowest BCUT2D eigenvalue weighted by atomic mass is 10.0. The molecule has 0 unspecified atom stereocenters. The Balaban J connectivity index is 1.32. The first-order chi connectivity index (χ1) is 13.7. The molecular formula is C21H26N4O3. The number of aromatic amines is 1. The lowest BCUT2D eigenvalue weighted by Crippen LogP contribution is -2.47. The van der Waals surface area contributed by atoms with Gasteiger partial charge in [0, 0.05) is 44.0 Å². The van der Waals surface area contributed by atoms with Crippen LogP contribution in [0.5, 0.6) is 0 Å². The number of nitrogens with zero attached hydrogens (tertiary/aromatic N) is 2. The van der Waals surface area contributed by atoms with Gasteiger partial charge < -0.3 is 19.9 Å². The first-order valence-corrected chi connectivity index (χ1v) is 9.98. The second-order valence-corrected chi connectivity index (χ2v) is 7.52. The molecule has 2 saturated heterocycles. The minimum Gasteiger partial charge on any atom is -0.377 e. The van der Waals surface area contributed by atoms with E-state index in [2.05, 4.69) is 20.2 Å². The van der Waals surface area contributed by atoms with Gasteiger partial charge in [0.05, 0.1) is 6.10 Å². The highest BCUT2D eigenvalue weighted by molar-refractivity contribution is 5.93. The van der Waals surface area contributed by atoms with E-state index in [4.69, 9.17) is 4.74 Å². The molecule has 0 bridgehead atoms. The number of carbonyl (C=O) groups excluding carboxylic acids is 1. The zero-order valence-corrected chi connectivity index (χ0v) is 15.9. The van der Waals surface area contributed by atoms with E-state index in [-0.39, 0.29) is 17.5 Å². The van der Waals surface area contributed by atoms with Crippen LogP contribution in [-0.2, 0) is 4.74 Å². The topological polar surface area (TPSA) is 87.3 Å². The summed E-state index contributed by atoms with van der Waals surface area (Å²) in [5, 5.41) is 2.99. The van der Waals surface area contributed by atoms with Gasteiger partial charge in [-0.3, -0.25) is 9.59 Å². The van der Waals surface area contributed by atoms with Crippen molar-refractivity contribution >= 4 is 5.91 Å². The molecule has 148 valence electrons. The maximum atomic E-state index is 12.5. The molecule has 2 aliphatic rings. The van der Waals surface area contributed by atoms with Crippen molar-refractivity contribution in [3.63, 3.8) is 0 Å². The molecule has 2 N–H and O–H groups in total. The van der Waals surface area contributed by atoms with Crippen LogP contribution >= 0.6 is 0 Å². The molecule has 28 heavy (non-hydrogen) atoms. The van der Waals surface area contributed by atoms with E-state index in [0.717, 1.165) is 57.5 Å². The Morgan fingerprint density at radius 2 is 2.00 bits per heavy atom. The fourth-order valence-electron chi connectivity index (χ4n) is 3.90. The van der Waals surface area contributed by atoms with Gasteiger partial charge in [0.15, 0.2) is 0 Å². The Morgan fingerprint density at radius 1 is 1.21 bits per heavy atom. The summed E-state index contributed by atoms with van der Waals surface area (Å²) in [6.45, 7) is 3.73. The number of carbonyl (C=O) groups is 1. The van der Waals surface area contributed by atoms with Crippen molar-refractivity contribution in [2.75, 3.05) is 26.2 Å². The number of likely N-dealkylation sites (tertiary alicyclic amines) is 1. The quantitative estimate of drug-likeness (QED) is 0.824. The first kappa shape index (κ1) is 18.8. The molecular weight excluding hydrogens is 356 g/mol. The van der Waals surface area contributed by atoms with E-state index in [0.29, 0.717) is 11.9 Å². The number of benzene rings is 1. The van der Waals surface area contributed by atoms with Crippen molar-refractivity contribution in [2.24, 2.45) is 0 Å². The van der Waals surface area contributed by atoms with Gasteiger partial charge in [0.1, 0.15) is 11.4 Å². The predicted octanol–water partition coefficient (Wildman–Crippen LogP) is 1.81. The molecule has 2 fully saturated rings. The lowest BCUT2D eigenvalue weighted by molar-refractivity contribution is 0.0612. The Kier molecular flexibility index (Phi) is 5.83. The Labute approximate surface area is 164 Å². The summed E-state index contributed by atoms with van der Waals surface area (Å²) in [5.41, 5.74) is 0.453. The third-order valence-corrected chi connectivity index (χ3v) is 5.50. The van der Waals surface area contributed by atoms with Crippen molar-refractivity contribution in [3.8, 4) is 11.4 Å². The summed E-state index contributed by atoms with van der Waals surface area (Å²) in [5.74, 6) is 0.107. The molecule has 7 heteroatoms. The van der Waals surface area contributed by atoms with E-state index in [1.54, 1.807) is 0 Å². The normalized spacial score (nSPS) is 20.9. The number of hydrogen-bond donors (Lipinski definition) is 2. The van der Waals surface area contributed by atoms with Crippen molar-refractivity contribution in [1.82, 2.24) is 20.2 Å². The van der Waals surface area contributed by atoms with Crippen LogP contribution in [0.15, 0.2) is 41.3 Å². The van der Waals surface area contributed by atoms with Gasteiger partial charge in [-0.1, -0.05) is 30.3 Å². The van der Waals surface area contributed by atoms with Crippen molar-refractivity contribution in [1.29, 1.82) is 0 Å². The maximum Gasteiger partial charge on any atom is 0.264 e. The summed E-state index contributed by atoms with van der Waals surface area (Å²) in [6, 6.07) is 9.46. The van der Waals surface area contributed by atoms with Gasteiger partial charge in [-0.2, -0.15) is 0 Å². The third kappa shape index (κ3) is 4.48. The Hall–Kier alpha value is -2.51. The molecule has 1 aromatic carbocycles. The zero-order valence-electron chi connectivity index (χ0n) is 15.9. The first-order valence-electron chi connectivity index (χ1n) is 9.98. The maximum absolute atomic E-state index is 12.5. The molecule has 1 aromatic heterocycles. The lowest BCUT2D eigenvalue weighted by Gasteiger charge is -2.33. The molecule has 0 radical (unpaired) electrons. The van der Waals surface area contributed by atoms with Crippen LogP contribution in [0.4, 0.5) is 0 Å². The number of aromatic nitrogens is 2. The summed E-state index contributed by atoms with van der Waals surface area (Å²) in [6.07, 6.45) is 5.79. The predicted molar refractivity (Wildman–Crippen MR) is 106 cm³/mol. The molecule has 1 atom stereocenters. The fraction of sp³-hybridized carbons (Fsp3) is 0.476. The Morgan fingerprint density at radius 3 is 2.68 bits per heavy atom. The number of H-pyrrole nitrogens is 1. The standard InChI is InChI=1S/C21H26N4O3/c26-20(18-13-22-19(24-21(18)27)15-5-2-1-3-6-15)23-16-8-10-25(11-9-16)14-17-7-4-12-28-17/h1-3,5-6,13,16-17H,4,7-12,14H2,(H,23,26)(H,22,24,27)/t17-/m0/s1. The summed E-state index contributed by atoms with van der Waals surface area (Å²) < 4.78 is 5.70. The second kappa shape index (κ2) is 8.67. The highest BCUT2D eigenvalue weighted by Gasteiger charge is 2.25. The molecule has 0 saturated carbocycles. The number of hydrogen-bond acceptors (Lipinski definition) is 5. The monoisotopic (exact) mass is 382 g/mol. The summed E-state index contributed by atoms with van der Waals surface area (Å²) in [4.78, 5) is 34.3. The van der Waals surface area contributed by atoms with Gasteiger partial charge >= 0.3 is 0 Å². The Bertz CT molecular complexity index is 853. The number of rotatable bonds is 5. The zero-order chi connectivity index (χ0) is 19.3. The molecule has 1 amide bonds. The van der Waals surface area contributed by atoms with Crippen LogP contribution in [0.3, 0.4) is 0 Å². The SMILES string of the molecule is O=C(NC1CCN(C[C@@H]2CCCO2)CC1)c1cnc(-c2ccccc2)[nH]c1=O. The van der Waals surface area contributed by atoms with Crippen molar-refractivity contribution in [3.05, 3.63) is 52.4 Å². The average molecular weight is 382 g/mol. The van der Waals surface area contributed by atoms with Crippen LogP contribution in [-0.4, -0.2) is 59.2 Å². The van der Waals surface area contributed by atoms with Crippen LogP contribution in [0.2, 0.25) is 0 Å². The van der Waals surface area contributed by atoms with Gasteiger partial charge in [-0.15, -0.1) is 0 Å². The number of nitrogens with one attached hydrogen (secondary N) is 2. The van der Waals surface area contributed by atoms with E-state index in [1.807, 2.05) is 30.3 Å². The number of piperidine rings is 1. The highest BCUT2D eigenvalue weighted by atomic mass is 16.5. The highest BCUT2D eigenvalue weighted by Crippen LogP contribution is 2.17. The fourth-order valence-corrected chi connectivity index (χ4v) is 3.90. The van der Waals surface area contributed by atoms with Crippen molar-refractivity contribution < 1.29 is 9.53 Å². The molecule has 7 nitrogen and oxygen atoms in total. The molecule has 4 rings (SSSR count). The van der Waals surface area contributed by atoms with E-state index in [9.17, 15) is 9.59 Å². The van der Waals surface area contributed by atoms with Crippen LogP contribution in [0, 0.1) is 0 Å². The van der Waals surface area contributed by atoms with Crippen molar-refractivity contribution in [2.45, 2.75) is 37.8 Å². The smallest absolute Gasteiger partial charge is 0.264 e. The molecule has 0 spiro atoms. The van der Waals surface area contributed by atoms with Gasteiger partial charge in [0.25, 0.3) is 11.5 Å². The minimum absolute atomic E-state index is 0.0569. The molecule has 2 aliphatic heterocycles. The third-order valence-electron chi connectivity index (χ3n) is 5.50.